The maximum atomic E-state index is 6.57. The summed E-state index contributed by atoms with van der Waals surface area (Å²) in [5.74, 6) is 0.594. The minimum absolute atomic E-state index is 0.594. The van der Waals surface area contributed by atoms with Gasteiger partial charge in [-0.15, -0.1) is 0 Å². The van der Waals surface area contributed by atoms with E-state index >= 15 is 0 Å². The van der Waals surface area contributed by atoms with E-state index in [1.165, 1.54) is 10.8 Å². The van der Waals surface area contributed by atoms with E-state index < -0.39 is 0 Å². The lowest BCUT2D eigenvalue weighted by Gasteiger charge is -2.14. The molecule has 270 valence electrons. The van der Waals surface area contributed by atoms with Crippen LogP contribution >= 0.6 is 0 Å². The van der Waals surface area contributed by atoms with Crippen molar-refractivity contribution in [3.8, 4) is 34.2 Å². The molecule has 6 heteroatoms. The van der Waals surface area contributed by atoms with Crippen LogP contribution < -0.4 is 0 Å². The minimum atomic E-state index is 0.594. The highest BCUT2D eigenvalue weighted by Gasteiger charge is 2.23. The largest absolute Gasteiger partial charge is 0.456 e. The van der Waals surface area contributed by atoms with Gasteiger partial charge in [0, 0.05) is 66.0 Å². The van der Waals surface area contributed by atoms with Crippen LogP contribution in [0.3, 0.4) is 0 Å². The van der Waals surface area contributed by atoms with Gasteiger partial charge in [-0.25, -0.2) is 9.97 Å². The molecule has 5 heterocycles. The van der Waals surface area contributed by atoms with Gasteiger partial charge < -0.3 is 13.4 Å². The molecule has 0 amide bonds. The second-order valence-corrected chi connectivity index (χ2v) is 15.0. The second-order valence-electron chi connectivity index (χ2n) is 15.0. The fraction of sp³-hybridized carbons (Fsp3) is 0. The molecule has 0 bridgehead atoms. The smallest absolute Gasteiger partial charge is 0.235 e. The van der Waals surface area contributed by atoms with Crippen molar-refractivity contribution in [1.29, 1.82) is 0 Å². The third-order valence-electron chi connectivity index (χ3n) is 11.7. The maximum Gasteiger partial charge on any atom is 0.235 e. The van der Waals surface area contributed by atoms with Crippen LogP contribution in [0.1, 0.15) is 0 Å². The Morgan fingerprint density at radius 2 is 0.845 bits per heavy atom. The van der Waals surface area contributed by atoms with Crippen LogP contribution in [0.2, 0.25) is 0 Å². The van der Waals surface area contributed by atoms with Gasteiger partial charge in [0.25, 0.3) is 0 Å². The van der Waals surface area contributed by atoms with Crippen LogP contribution in [0, 0.1) is 0 Å². The minimum Gasteiger partial charge on any atom is -0.456 e. The van der Waals surface area contributed by atoms with Crippen molar-refractivity contribution < 1.29 is 8.83 Å². The lowest BCUT2D eigenvalue weighted by atomic mass is 10.0. The van der Waals surface area contributed by atoms with Crippen molar-refractivity contribution in [2.75, 3.05) is 0 Å². The van der Waals surface area contributed by atoms with Crippen molar-refractivity contribution in [2.24, 2.45) is 0 Å². The van der Waals surface area contributed by atoms with E-state index in [4.69, 9.17) is 18.8 Å². The Kier molecular flexibility index (Phi) is 6.35. The molecule has 6 nitrogen and oxygen atoms in total. The average molecular weight is 743 g/mol. The van der Waals surface area contributed by atoms with Gasteiger partial charge in [0.15, 0.2) is 0 Å². The molecule has 58 heavy (non-hydrogen) atoms. The molecule has 5 aromatic heterocycles. The topological polar surface area (TPSA) is 61.9 Å². The summed E-state index contributed by atoms with van der Waals surface area (Å²) >= 11 is 0. The van der Waals surface area contributed by atoms with E-state index in [1.54, 1.807) is 0 Å². The quantitative estimate of drug-likeness (QED) is 0.180. The van der Waals surface area contributed by atoms with Crippen LogP contribution in [0.25, 0.3) is 122 Å². The molecule has 0 saturated carbocycles. The summed E-state index contributed by atoms with van der Waals surface area (Å²) in [6.07, 6.45) is 0. The third-order valence-corrected chi connectivity index (χ3v) is 11.7. The molecular formula is C52H30N4O2. The van der Waals surface area contributed by atoms with Crippen molar-refractivity contribution in [3.05, 3.63) is 182 Å². The molecule has 0 atom stereocenters. The Hall–Kier alpha value is -7.96. The normalized spacial score (nSPS) is 12.1. The lowest BCUT2D eigenvalue weighted by molar-refractivity contribution is 0.656. The number of rotatable bonds is 4. The molecule has 0 unspecified atom stereocenters. The Bertz CT molecular complexity index is 3800. The fourth-order valence-corrected chi connectivity index (χ4v) is 9.15. The molecule has 0 aliphatic heterocycles. The predicted molar refractivity (Wildman–Crippen MR) is 236 cm³/mol. The van der Waals surface area contributed by atoms with E-state index in [0.29, 0.717) is 5.95 Å². The van der Waals surface area contributed by atoms with E-state index in [9.17, 15) is 0 Å². The van der Waals surface area contributed by atoms with Gasteiger partial charge in [-0.1, -0.05) is 121 Å². The number of nitrogens with zero attached hydrogens (tertiary/aromatic N) is 4. The SMILES string of the molecule is c1ccc(-c2cc(-c3ccc4c(c3)oc3cc5oc6ccccc6c5cc34)nc(-n3c4ccccc4c4ccc5c6ccccc6n(-c6ccccc6)c5c43)n2)cc1. The Morgan fingerprint density at radius 3 is 1.57 bits per heavy atom. The number of furan rings is 2. The van der Waals surface area contributed by atoms with Gasteiger partial charge in [-0.05, 0) is 54.6 Å². The van der Waals surface area contributed by atoms with E-state index in [-0.39, 0.29) is 0 Å². The highest BCUT2D eigenvalue weighted by molar-refractivity contribution is 6.24. The number of hydrogen-bond acceptors (Lipinski definition) is 4. The van der Waals surface area contributed by atoms with Crippen molar-refractivity contribution in [1.82, 2.24) is 19.1 Å². The molecule has 0 N–H and O–H groups in total. The first-order valence-electron chi connectivity index (χ1n) is 19.5. The average Bonchev–Trinajstić information content (AvgIpc) is 4.03. The molecule has 0 radical (unpaired) electrons. The Morgan fingerprint density at radius 1 is 0.328 bits per heavy atom. The molecule has 0 fully saturated rings. The molecule has 0 saturated heterocycles. The molecule has 0 aliphatic rings. The van der Waals surface area contributed by atoms with Crippen LogP contribution in [0.4, 0.5) is 0 Å². The van der Waals surface area contributed by atoms with Gasteiger partial charge in [0.2, 0.25) is 5.95 Å². The highest BCUT2D eigenvalue weighted by atomic mass is 16.3. The Balaban J connectivity index is 1.10. The summed E-state index contributed by atoms with van der Waals surface area (Å²) in [5, 5.41) is 8.92. The summed E-state index contributed by atoms with van der Waals surface area (Å²) < 4.78 is 17.4. The van der Waals surface area contributed by atoms with Gasteiger partial charge >= 0.3 is 0 Å². The van der Waals surface area contributed by atoms with Crippen molar-refractivity contribution in [3.63, 3.8) is 0 Å². The molecule has 13 rings (SSSR count). The number of benzene rings is 8. The first-order valence-corrected chi connectivity index (χ1v) is 19.5. The van der Waals surface area contributed by atoms with Crippen molar-refractivity contribution in [2.45, 2.75) is 0 Å². The number of para-hydroxylation sites is 4. The van der Waals surface area contributed by atoms with Crippen molar-refractivity contribution >= 4 is 87.5 Å². The van der Waals surface area contributed by atoms with E-state index in [0.717, 1.165) is 105 Å². The monoisotopic (exact) mass is 742 g/mol. The van der Waals surface area contributed by atoms with Crippen LogP contribution in [0.5, 0.6) is 0 Å². The molecule has 13 aromatic rings. The van der Waals surface area contributed by atoms with Crippen LogP contribution in [-0.2, 0) is 0 Å². The fourth-order valence-electron chi connectivity index (χ4n) is 9.15. The molecule has 0 aliphatic carbocycles. The zero-order valence-corrected chi connectivity index (χ0v) is 30.9. The first kappa shape index (κ1) is 31.3. The standard InChI is InChI=1S/C52H30N4O2/c1-3-13-31(14-4-1)42-29-43(32-23-24-37-41-28-40-36-19-9-12-22-46(36)57-48(40)30-49(41)58-47(37)27-32)54-52(53-42)56-45-21-11-8-18-35(45)39-26-25-38-34-17-7-10-20-44(34)55(50(38)51(39)56)33-15-5-2-6-16-33/h1-30H. The van der Waals surface area contributed by atoms with Gasteiger partial charge in [-0.3, -0.25) is 4.57 Å². The van der Waals surface area contributed by atoms with E-state index in [2.05, 4.69) is 161 Å². The second kappa shape index (κ2) is 11.8. The summed E-state index contributed by atoms with van der Waals surface area (Å²) in [7, 11) is 0. The molecule has 8 aromatic carbocycles. The van der Waals surface area contributed by atoms with Gasteiger partial charge in [0.1, 0.15) is 22.3 Å². The van der Waals surface area contributed by atoms with Crippen LogP contribution in [-0.4, -0.2) is 19.1 Å². The highest BCUT2D eigenvalue weighted by Crippen LogP contribution is 2.42. The van der Waals surface area contributed by atoms with Gasteiger partial charge in [-0.2, -0.15) is 0 Å². The zero-order chi connectivity index (χ0) is 37.9. The zero-order valence-electron chi connectivity index (χ0n) is 30.9. The summed E-state index contributed by atoms with van der Waals surface area (Å²) in [6, 6.07) is 63.6. The predicted octanol–water partition coefficient (Wildman–Crippen LogP) is 13.8. The maximum absolute atomic E-state index is 6.57. The van der Waals surface area contributed by atoms with Crippen LogP contribution in [0.15, 0.2) is 191 Å². The Labute approximate surface area is 330 Å². The summed E-state index contributed by atoms with van der Waals surface area (Å²) in [4.78, 5) is 10.8. The number of fused-ring (bicyclic) bond motifs is 13. The molecule has 0 spiro atoms. The number of aromatic nitrogens is 4. The third kappa shape index (κ3) is 4.42. The molecular weight excluding hydrogens is 713 g/mol. The van der Waals surface area contributed by atoms with E-state index in [1.807, 2.05) is 30.3 Å². The number of hydrogen-bond donors (Lipinski definition) is 0. The first-order chi connectivity index (χ1) is 28.7. The summed E-state index contributed by atoms with van der Waals surface area (Å²) in [6.45, 7) is 0. The van der Waals surface area contributed by atoms with Gasteiger partial charge in [0.05, 0.1) is 33.5 Å². The lowest BCUT2D eigenvalue weighted by Crippen LogP contribution is -2.05. The summed E-state index contributed by atoms with van der Waals surface area (Å²) in [5.41, 5.74) is 12.3.